The zero-order valence-electron chi connectivity index (χ0n) is 11.9. The molecular weight excluding hydrogens is 264 g/mol. The summed E-state index contributed by atoms with van der Waals surface area (Å²) in [5.41, 5.74) is 1.47. The first-order valence-electron chi connectivity index (χ1n) is 7.21. The fraction of sp³-hybridized carbons (Fsp3) is 0.312. The van der Waals surface area contributed by atoms with Crippen molar-refractivity contribution >= 4 is 23.2 Å². The summed E-state index contributed by atoms with van der Waals surface area (Å²) < 4.78 is 0. The number of hydrogen-bond acceptors (Lipinski definition) is 4. The van der Waals surface area contributed by atoms with Crippen LogP contribution in [-0.2, 0) is 0 Å². The molecule has 0 aromatic carbocycles. The number of hydrogen-bond donors (Lipinski definition) is 0. The molecule has 1 aliphatic carbocycles. The van der Waals surface area contributed by atoms with Gasteiger partial charge in [-0.15, -0.1) is 0 Å². The molecule has 1 amide bonds. The Morgan fingerprint density at radius 3 is 2.62 bits per heavy atom. The highest BCUT2D eigenvalue weighted by molar-refractivity contribution is 6.12. The van der Waals surface area contributed by atoms with Crippen molar-refractivity contribution in [1.29, 1.82) is 0 Å². The van der Waals surface area contributed by atoms with Gasteiger partial charge >= 0.3 is 0 Å². The minimum atomic E-state index is -0.0364. The van der Waals surface area contributed by atoms with Crippen molar-refractivity contribution in [2.45, 2.75) is 12.8 Å². The fourth-order valence-corrected chi connectivity index (χ4v) is 2.76. The zero-order chi connectivity index (χ0) is 14.4. The van der Waals surface area contributed by atoms with Crippen LogP contribution in [0.2, 0.25) is 0 Å². The van der Waals surface area contributed by atoms with Gasteiger partial charge in [0.2, 0.25) is 0 Å². The molecule has 106 valence electrons. The maximum atomic E-state index is 12.7. The van der Waals surface area contributed by atoms with E-state index < -0.39 is 0 Å². The molecule has 2 aliphatic rings. The van der Waals surface area contributed by atoms with Crippen molar-refractivity contribution in [3.05, 3.63) is 42.2 Å². The number of amides is 1. The Balaban J connectivity index is 1.94. The minimum absolute atomic E-state index is 0.0364. The molecule has 2 aromatic heterocycles. The van der Waals surface area contributed by atoms with Gasteiger partial charge in [0.15, 0.2) is 5.82 Å². The van der Waals surface area contributed by atoms with Gasteiger partial charge in [0, 0.05) is 26.0 Å². The van der Waals surface area contributed by atoms with E-state index in [2.05, 4.69) is 14.9 Å². The molecule has 0 spiro atoms. The van der Waals surface area contributed by atoms with Crippen LogP contribution in [0.15, 0.2) is 36.7 Å². The van der Waals surface area contributed by atoms with E-state index in [1.54, 1.807) is 24.3 Å². The molecule has 4 rings (SSSR count). The smallest absolute Gasteiger partial charge is 0.261 e. The molecule has 0 N–H and O–H groups in total. The van der Waals surface area contributed by atoms with Gasteiger partial charge in [-0.05, 0) is 43.0 Å². The van der Waals surface area contributed by atoms with Crippen LogP contribution in [0, 0.1) is 5.92 Å². The van der Waals surface area contributed by atoms with Gasteiger partial charge in [-0.3, -0.25) is 4.79 Å². The molecular formula is C16H16N4O. The molecule has 0 saturated heterocycles. The molecule has 0 radical (unpaired) electrons. The lowest BCUT2D eigenvalue weighted by atomic mass is 10.2. The number of rotatable bonds is 2. The van der Waals surface area contributed by atoms with Crippen LogP contribution in [0.5, 0.6) is 0 Å². The number of aromatic nitrogens is 2. The molecule has 1 aliphatic heterocycles. The van der Waals surface area contributed by atoms with E-state index in [4.69, 9.17) is 0 Å². The van der Waals surface area contributed by atoms with Gasteiger partial charge in [0.1, 0.15) is 5.82 Å². The van der Waals surface area contributed by atoms with Gasteiger partial charge in [-0.25, -0.2) is 9.97 Å². The number of carbonyl (C=O) groups is 1. The molecule has 1 fully saturated rings. The summed E-state index contributed by atoms with van der Waals surface area (Å²) in [5.74, 6) is 2.18. The normalized spacial score (nSPS) is 17.3. The second kappa shape index (κ2) is 4.55. The summed E-state index contributed by atoms with van der Waals surface area (Å²) in [7, 11) is 1.79. The number of nitrogens with zero attached hydrogens (tertiary/aromatic N) is 4. The van der Waals surface area contributed by atoms with Crippen LogP contribution in [0.4, 0.5) is 17.3 Å². The first-order valence-corrected chi connectivity index (χ1v) is 7.21. The van der Waals surface area contributed by atoms with Crippen molar-refractivity contribution in [2.75, 3.05) is 23.4 Å². The van der Waals surface area contributed by atoms with Gasteiger partial charge in [-0.1, -0.05) is 0 Å². The topological polar surface area (TPSA) is 49.3 Å². The van der Waals surface area contributed by atoms with E-state index in [0.717, 1.165) is 23.9 Å². The molecule has 2 aromatic rings. The third-order valence-corrected chi connectivity index (χ3v) is 4.10. The predicted octanol–water partition coefficient (Wildman–Crippen LogP) is 2.61. The maximum Gasteiger partial charge on any atom is 0.261 e. The highest BCUT2D eigenvalue weighted by Crippen LogP contribution is 2.40. The van der Waals surface area contributed by atoms with Gasteiger partial charge < -0.3 is 9.80 Å². The molecule has 21 heavy (non-hydrogen) atoms. The average Bonchev–Trinajstić information content (AvgIpc) is 3.35. The van der Waals surface area contributed by atoms with Crippen LogP contribution in [0.3, 0.4) is 0 Å². The van der Waals surface area contributed by atoms with Crippen LogP contribution >= 0.6 is 0 Å². The van der Waals surface area contributed by atoms with E-state index in [1.165, 1.54) is 12.8 Å². The Kier molecular flexibility index (Phi) is 2.67. The van der Waals surface area contributed by atoms with Crippen LogP contribution < -0.4 is 9.80 Å². The van der Waals surface area contributed by atoms with Gasteiger partial charge in [0.05, 0.1) is 11.3 Å². The van der Waals surface area contributed by atoms with Gasteiger partial charge in [-0.2, -0.15) is 0 Å². The van der Waals surface area contributed by atoms with E-state index >= 15 is 0 Å². The fourth-order valence-electron chi connectivity index (χ4n) is 2.76. The molecule has 0 atom stereocenters. The summed E-state index contributed by atoms with van der Waals surface area (Å²) in [4.78, 5) is 25.4. The van der Waals surface area contributed by atoms with Crippen LogP contribution in [-0.4, -0.2) is 29.5 Å². The third-order valence-electron chi connectivity index (χ3n) is 4.10. The molecule has 3 heterocycles. The summed E-state index contributed by atoms with van der Waals surface area (Å²) >= 11 is 0. The van der Waals surface area contributed by atoms with Crippen molar-refractivity contribution < 1.29 is 4.79 Å². The lowest BCUT2D eigenvalue weighted by molar-refractivity contribution is 0.0994. The summed E-state index contributed by atoms with van der Waals surface area (Å²) in [6.07, 6.45) is 5.99. The average molecular weight is 280 g/mol. The largest absolute Gasteiger partial charge is 0.308 e. The predicted molar refractivity (Wildman–Crippen MR) is 80.9 cm³/mol. The van der Waals surface area contributed by atoms with Crippen molar-refractivity contribution in [1.82, 2.24) is 9.97 Å². The molecule has 1 saturated carbocycles. The number of carbonyl (C=O) groups excluding carboxylic acids is 1. The van der Waals surface area contributed by atoms with Gasteiger partial charge in [0.25, 0.3) is 5.91 Å². The van der Waals surface area contributed by atoms with Crippen LogP contribution in [0.1, 0.15) is 23.2 Å². The molecule has 0 unspecified atom stereocenters. The lowest BCUT2D eigenvalue weighted by Gasteiger charge is -2.24. The van der Waals surface area contributed by atoms with Crippen molar-refractivity contribution in [2.24, 2.45) is 5.92 Å². The lowest BCUT2D eigenvalue weighted by Crippen LogP contribution is -2.25. The third kappa shape index (κ3) is 1.96. The molecule has 0 bridgehead atoms. The Morgan fingerprint density at radius 1 is 1.14 bits per heavy atom. The first kappa shape index (κ1) is 12.3. The van der Waals surface area contributed by atoms with E-state index in [-0.39, 0.29) is 5.91 Å². The first-order chi connectivity index (χ1) is 10.3. The highest BCUT2D eigenvalue weighted by Gasteiger charge is 2.34. The number of fused-ring (bicyclic) bond motifs is 2. The highest BCUT2D eigenvalue weighted by atomic mass is 16.2. The van der Waals surface area contributed by atoms with Crippen molar-refractivity contribution in [3.8, 4) is 0 Å². The second-order valence-electron chi connectivity index (χ2n) is 5.64. The minimum Gasteiger partial charge on any atom is -0.308 e. The second-order valence-corrected chi connectivity index (χ2v) is 5.64. The standard InChI is InChI=1S/C16H16N4O/c1-19-13-5-3-9-18-15(13)20(10-11-6-7-11)14-12(16(19)21)4-2-8-17-14/h2-5,8-9,11H,6-7,10H2,1H3. The Bertz CT molecular complexity index is 711. The maximum absolute atomic E-state index is 12.7. The molecule has 5 heteroatoms. The number of pyridine rings is 2. The summed E-state index contributed by atoms with van der Waals surface area (Å²) in [6, 6.07) is 7.45. The Morgan fingerprint density at radius 2 is 1.86 bits per heavy atom. The van der Waals surface area contributed by atoms with Crippen molar-refractivity contribution in [3.63, 3.8) is 0 Å². The quantitative estimate of drug-likeness (QED) is 0.848. The summed E-state index contributed by atoms with van der Waals surface area (Å²) in [5, 5.41) is 0. The Hall–Kier alpha value is -2.43. The monoisotopic (exact) mass is 280 g/mol. The Labute approximate surface area is 123 Å². The molecule has 5 nitrogen and oxygen atoms in total. The summed E-state index contributed by atoms with van der Waals surface area (Å²) in [6.45, 7) is 0.870. The SMILES string of the molecule is CN1C(=O)c2cccnc2N(CC2CC2)c2ncccc21. The van der Waals surface area contributed by atoms with E-state index in [0.29, 0.717) is 11.5 Å². The zero-order valence-corrected chi connectivity index (χ0v) is 11.9. The van der Waals surface area contributed by atoms with Crippen LogP contribution in [0.25, 0.3) is 0 Å². The number of anilines is 3. The van der Waals surface area contributed by atoms with E-state index in [9.17, 15) is 4.79 Å². The van der Waals surface area contributed by atoms with E-state index in [1.807, 2.05) is 24.3 Å².